The molecule has 49 heavy (non-hydrogen) atoms. The van der Waals surface area contributed by atoms with Crippen LogP contribution in [0.3, 0.4) is 0 Å². The summed E-state index contributed by atoms with van der Waals surface area (Å²) in [5.41, 5.74) is 9.28. The summed E-state index contributed by atoms with van der Waals surface area (Å²) >= 11 is 0. The molecule has 2 heteroatoms. The Kier molecular flexibility index (Phi) is 6.22. The van der Waals surface area contributed by atoms with Gasteiger partial charge >= 0.3 is 0 Å². The number of para-hydroxylation sites is 2. The maximum atomic E-state index is 5.19. The van der Waals surface area contributed by atoms with E-state index in [1.165, 1.54) is 65.3 Å². The third-order valence-corrected chi connectivity index (χ3v) is 10.00. The molecule has 0 amide bonds. The lowest BCUT2D eigenvalue weighted by molar-refractivity contribution is 1.11. The molecule has 0 aliphatic carbocycles. The molecule has 0 N–H and O–H groups in total. The van der Waals surface area contributed by atoms with Gasteiger partial charge in [-0.3, -0.25) is 4.57 Å². The van der Waals surface area contributed by atoms with E-state index in [9.17, 15) is 0 Å². The quantitative estimate of drug-likeness (QED) is 0.179. The molecule has 0 saturated heterocycles. The van der Waals surface area contributed by atoms with Crippen LogP contribution in [0, 0.1) is 0 Å². The minimum atomic E-state index is 0.945. The maximum Gasteiger partial charge on any atom is 0.146 e. The predicted molar refractivity (Wildman–Crippen MR) is 207 cm³/mol. The minimum Gasteiger partial charge on any atom is -0.292 e. The van der Waals surface area contributed by atoms with Crippen molar-refractivity contribution in [2.24, 2.45) is 0 Å². The Morgan fingerprint density at radius 1 is 0.347 bits per heavy atom. The number of nitrogens with zero attached hydrogens (tertiary/aromatic N) is 2. The molecule has 228 valence electrons. The molecule has 2 nitrogen and oxygen atoms in total. The molecule has 0 unspecified atom stereocenters. The molecule has 9 aromatic carbocycles. The van der Waals surface area contributed by atoms with Gasteiger partial charge in [0.05, 0.1) is 11.0 Å². The third-order valence-electron chi connectivity index (χ3n) is 10.00. The van der Waals surface area contributed by atoms with Crippen LogP contribution < -0.4 is 0 Å². The Balaban J connectivity index is 1.20. The Labute approximate surface area is 284 Å². The van der Waals surface area contributed by atoms with Crippen molar-refractivity contribution < 1.29 is 0 Å². The van der Waals surface area contributed by atoms with Crippen molar-refractivity contribution in [2.45, 2.75) is 0 Å². The van der Waals surface area contributed by atoms with Gasteiger partial charge in [0.1, 0.15) is 5.82 Å². The second-order valence-corrected chi connectivity index (χ2v) is 12.7. The molecule has 0 aliphatic heterocycles. The summed E-state index contributed by atoms with van der Waals surface area (Å²) in [6, 6.07) is 65.7. The van der Waals surface area contributed by atoms with Crippen LogP contribution in [0.2, 0.25) is 0 Å². The lowest BCUT2D eigenvalue weighted by Gasteiger charge is -2.19. The number of fused-ring (bicyclic) bond motifs is 5. The van der Waals surface area contributed by atoms with Gasteiger partial charge in [0.15, 0.2) is 0 Å². The number of hydrogen-bond acceptors (Lipinski definition) is 1. The van der Waals surface area contributed by atoms with Crippen molar-refractivity contribution in [3.05, 3.63) is 182 Å². The van der Waals surface area contributed by atoms with Gasteiger partial charge < -0.3 is 0 Å². The van der Waals surface area contributed by atoms with Crippen LogP contribution in [0.15, 0.2) is 182 Å². The third kappa shape index (κ3) is 4.31. The van der Waals surface area contributed by atoms with E-state index in [0.29, 0.717) is 0 Å². The summed E-state index contributed by atoms with van der Waals surface area (Å²) in [7, 11) is 0. The molecule has 0 radical (unpaired) electrons. The summed E-state index contributed by atoms with van der Waals surface area (Å²) in [6.45, 7) is 0. The zero-order chi connectivity index (χ0) is 32.3. The fraction of sp³-hybridized carbons (Fsp3) is 0. The van der Waals surface area contributed by atoms with Crippen molar-refractivity contribution in [1.82, 2.24) is 9.55 Å². The molecule has 0 saturated carbocycles. The maximum absolute atomic E-state index is 5.19. The highest BCUT2D eigenvalue weighted by atomic mass is 15.1. The van der Waals surface area contributed by atoms with E-state index in [2.05, 4.69) is 187 Å². The normalized spacial score (nSPS) is 11.7. The second kappa shape index (κ2) is 11.0. The summed E-state index contributed by atoms with van der Waals surface area (Å²) in [4.78, 5) is 5.19. The van der Waals surface area contributed by atoms with E-state index in [1.54, 1.807) is 0 Å². The molecule has 10 rings (SSSR count). The van der Waals surface area contributed by atoms with Crippen LogP contribution in [-0.2, 0) is 0 Å². The largest absolute Gasteiger partial charge is 0.292 e. The molecule has 0 atom stereocenters. The highest BCUT2D eigenvalue weighted by molar-refractivity contribution is 6.23. The number of aromatic nitrogens is 2. The lowest BCUT2D eigenvalue weighted by Crippen LogP contribution is -1.98. The zero-order valence-electron chi connectivity index (χ0n) is 26.7. The molecule has 1 aromatic heterocycles. The highest BCUT2D eigenvalue weighted by Gasteiger charge is 2.19. The van der Waals surface area contributed by atoms with Crippen molar-refractivity contribution >= 4 is 54.1 Å². The monoisotopic (exact) mass is 622 g/mol. The Morgan fingerprint density at radius 2 is 0.816 bits per heavy atom. The Hall–Kier alpha value is -6.51. The van der Waals surface area contributed by atoms with Gasteiger partial charge in [0.2, 0.25) is 0 Å². The van der Waals surface area contributed by atoms with E-state index in [0.717, 1.165) is 28.1 Å². The summed E-state index contributed by atoms with van der Waals surface area (Å²) < 4.78 is 2.31. The van der Waals surface area contributed by atoms with E-state index in [4.69, 9.17) is 4.98 Å². The predicted octanol–water partition coefficient (Wildman–Crippen LogP) is 12.6. The molecule has 0 fully saturated rings. The molecule has 10 aromatic rings. The topological polar surface area (TPSA) is 17.8 Å². The van der Waals surface area contributed by atoms with Crippen molar-refractivity contribution in [2.75, 3.05) is 0 Å². The zero-order valence-corrected chi connectivity index (χ0v) is 26.7. The SMILES string of the molecule is c1ccc2c(-c3c4ccccc4c(-c4ccc(-n5c(-c6cccc7ccccc67)nc6ccccc65)cc4)c4ccccc34)cccc2c1. The molecular weight excluding hydrogens is 593 g/mol. The van der Waals surface area contributed by atoms with Gasteiger partial charge in [0, 0.05) is 11.3 Å². The first-order valence-electron chi connectivity index (χ1n) is 16.8. The number of imidazole rings is 1. The van der Waals surface area contributed by atoms with Crippen LogP contribution in [0.4, 0.5) is 0 Å². The standard InChI is InChI=1S/C47H30N2/c1-3-17-35-31(13-1)15-11-23-37(35)46-40-21-7-5-19-38(40)45(39-20-6-8-22-41(39)46)33-27-29-34(30-28-33)49-44-26-10-9-25-43(44)48-47(49)42-24-12-16-32-14-2-4-18-36(32)42/h1-30H. The first-order chi connectivity index (χ1) is 24.3. The average Bonchev–Trinajstić information content (AvgIpc) is 3.56. The molecule has 0 aliphatic rings. The van der Waals surface area contributed by atoms with E-state index in [1.807, 2.05) is 0 Å². The summed E-state index contributed by atoms with van der Waals surface area (Å²) in [5, 5.41) is 9.95. The minimum absolute atomic E-state index is 0.945. The van der Waals surface area contributed by atoms with Gasteiger partial charge in [-0.05, 0) is 89.6 Å². The molecule has 0 bridgehead atoms. The highest BCUT2D eigenvalue weighted by Crippen LogP contribution is 2.45. The number of hydrogen-bond donors (Lipinski definition) is 0. The van der Waals surface area contributed by atoms with Gasteiger partial charge in [0.25, 0.3) is 0 Å². The lowest BCUT2D eigenvalue weighted by atomic mass is 9.85. The van der Waals surface area contributed by atoms with Crippen LogP contribution >= 0.6 is 0 Å². The van der Waals surface area contributed by atoms with Crippen molar-refractivity contribution in [1.29, 1.82) is 0 Å². The fourth-order valence-electron chi connectivity index (χ4n) is 7.84. The van der Waals surface area contributed by atoms with Gasteiger partial charge in [-0.25, -0.2) is 4.98 Å². The van der Waals surface area contributed by atoms with E-state index < -0.39 is 0 Å². The molecular formula is C47H30N2. The number of benzene rings is 9. The smallest absolute Gasteiger partial charge is 0.146 e. The molecule has 0 spiro atoms. The van der Waals surface area contributed by atoms with Crippen LogP contribution in [0.25, 0.3) is 93.5 Å². The first-order valence-corrected chi connectivity index (χ1v) is 16.8. The average molecular weight is 623 g/mol. The van der Waals surface area contributed by atoms with Crippen molar-refractivity contribution in [3.8, 4) is 39.3 Å². The fourth-order valence-corrected chi connectivity index (χ4v) is 7.84. The van der Waals surface area contributed by atoms with E-state index >= 15 is 0 Å². The van der Waals surface area contributed by atoms with Crippen LogP contribution in [0.5, 0.6) is 0 Å². The number of rotatable bonds is 4. The van der Waals surface area contributed by atoms with Crippen LogP contribution in [0.1, 0.15) is 0 Å². The molecule has 1 heterocycles. The second-order valence-electron chi connectivity index (χ2n) is 12.7. The van der Waals surface area contributed by atoms with E-state index in [-0.39, 0.29) is 0 Å². The van der Waals surface area contributed by atoms with Gasteiger partial charge in [-0.1, -0.05) is 158 Å². The Bertz CT molecular complexity index is 2810. The first kappa shape index (κ1) is 27.6. The summed E-state index contributed by atoms with van der Waals surface area (Å²) in [6.07, 6.45) is 0. The van der Waals surface area contributed by atoms with Gasteiger partial charge in [-0.15, -0.1) is 0 Å². The Morgan fingerprint density at radius 3 is 1.45 bits per heavy atom. The summed E-state index contributed by atoms with van der Waals surface area (Å²) in [5.74, 6) is 0.945. The van der Waals surface area contributed by atoms with Gasteiger partial charge in [-0.2, -0.15) is 0 Å². The van der Waals surface area contributed by atoms with Crippen molar-refractivity contribution in [3.63, 3.8) is 0 Å². The van der Waals surface area contributed by atoms with Crippen LogP contribution in [-0.4, -0.2) is 9.55 Å².